The zero-order chi connectivity index (χ0) is 22.5. The summed E-state index contributed by atoms with van der Waals surface area (Å²) in [6.45, 7) is 7.69. The van der Waals surface area contributed by atoms with Crippen molar-refractivity contribution in [3.63, 3.8) is 0 Å². The van der Waals surface area contributed by atoms with E-state index in [9.17, 15) is 0 Å². The van der Waals surface area contributed by atoms with Crippen molar-refractivity contribution in [2.24, 2.45) is 28.6 Å². The van der Waals surface area contributed by atoms with Crippen LogP contribution >= 0.6 is 0 Å². The van der Waals surface area contributed by atoms with Crippen LogP contribution in [-0.2, 0) is 0 Å². The number of pyridine rings is 1. The average molecular weight is 431 g/mol. The van der Waals surface area contributed by atoms with Crippen LogP contribution < -0.4 is 0 Å². The highest BCUT2D eigenvalue weighted by atomic mass is 15.1. The number of rotatable bonds is 4. The zero-order valence-electron chi connectivity index (χ0n) is 20.9. The minimum absolute atomic E-state index is 0.326. The highest BCUT2D eigenvalue weighted by Gasteiger charge is 2.52. The molecule has 3 aliphatic rings. The van der Waals surface area contributed by atoms with E-state index < -0.39 is 0 Å². The molecule has 1 aromatic heterocycles. The summed E-state index contributed by atoms with van der Waals surface area (Å²) in [5.41, 5.74) is 3.92. The molecule has 6 atom stereocenters. The summed E-state index contributed by atoms with van der Waals surface area (Å²) in [7, 11) is 4.56. The second kappa shape index (κ2) is 8.28. The van der Waals surface area contributed by atoms with Crippen LogP contribution in [0.4, 0.5) is 0 Å². The number of hydrogen-bond donors (Lipinski definition) is 0. The number of hydrogen-bond acceptors (Lipinski definition) is 2. The summed E-state index contributed by atoms with van der Waals surface area (Å²) in [5, 5.41) is 2.64. The third kappa shape index (κ3) is 3.45. The Bertz CT molecular complexity index is 1000. The number of benzene rings is 1. The van der Waals surface area contributed by atoms with E-state index >= 15 is 0 Å². The van der Waals surface area contributed by atoms with Crippen molar-refractivity contribution >= 4 is 16.3 Å². The fourth-order valence-corrected chi connectivity index (χ4v) is 8.01. The molecule has 0 radical (unpaired) electrons. The topological polar surface area (TPSA) is 16.1 Å². The summed E-state index contributed by atoms with van der Waals surface area (Å²) in [6, 6.07) is 9.77. The maximum Gasteiger partial charge on any atom is 0.0346 e. The van der Waals surface area contributed by atoms with Gasteiger partial charge in [-0.1, -0.05) is 51.5 Å². The fraction of sp³-hybridized carbons (Fsp3) is 0.633. The van der Waals surface area contributed by atoms with Gasteiger partial charge < -0.3 is 4.90 Å². The fourth-order valence-electron chi connectivity index (χ4n) is 8.01. The molecule has 2 heteroatoms. The minimum Gasteiger partial charge on any atom is -0.306 e. The molecule has 0 aliphatic heterocycles. The molecular weight excluding hydrogens is 388 g/mol. The number of nitrogens with zero attached hydrogens (tertiary/aromatic N) is 2. The molecule has 32 heavy (non-hydrogen) atoms. The van der Waals surface area contributed by atoms with Crippen molar-refractivity contribution in [3.05, 3.63) is 48.3 Å². The molecule has 5 rings (SSSR count). The molecular formula is C30H42N2. The Balaban J connectivity index is 1.38. The van der Waals surface area contributed by atoms with Gasteiger partial charge in [0.1, 0.15) is 0 Å². The molecule has 2 aromatic rings. The van der Waals surface area contributed by atoms with Gasteiger partial charge in [0.15, 0.2) is 0 Å². The molecule has 2 fully saturated rings. The van der Waals surface area contributed by atoms with E-state index in [2.05, 4.69) is 75.1 Å². The van der Waals surface area contributed by atoms with E-state index in [1.807, 2.05) is 12.4 Å². The standard InChI is InChI=1S/C30H42N2/c1-6-22-19-25(32(4)5)13-16-29(22,2)24-12-15-30(3)23(18-24)10-11-28(30)27-9-7-8-21-20-31-17-14-26(21)27/h7-9,11,14,17,20,22-25H,6,10,12-13,15-16,18-19H2,1-5H3. The first-order valence-electron chi connectivity index (χ1n) is 13.1. The van der Waals surface area contributed by atoms with Crippen molar-refractivity contribution in [3.8, 4) is 0 Å². The molecule has 2 saturated carbocycles. The summed E-state index contributed by atoms with van der Waals surface area (Å²) >= 11 is 0. The monoisotopic (exact) mass is 430 g/mol. The van der Waals surface area contributed by atoms with Crippen molar-refractivity contribution in [1.82, 2.24) is 9.88 Å². The van der Waals surface area contributed by atoms with Gasteiger partial charge >= 0.3 is 0 Å². The lowest BCUT2D eigenvalue weighted by Gasteiger charge is -2.54. The van der Waals surface area contributed by atoms with E-state index in [0.29, 0.717) is 10.8 Å². The first-order valence-corrected chi connectivity index (χ1v) is 13.1. The predicted octanol–water partition coefficient (Wildman–Crippen LogP) is 7.59. The predicted molar refractivity (Wildman–Crippen MR) is 136 cm³/mol. The highest BCUT2D eigenvalue weighted by Crippen LogP contribution is 2.62. The number of allylic oxidation sites excluding steroid dienone is 2. The second-order valence-corrected chi connectivity index (χ2v) is 11.8. The molecule has 172 valence electrons. The van der Waals surface area contributed by atoms with Crippen LogP contribution in [0.15, 0.2) is 42.7 Å². The van der Waals surface area contributed by atoms with Crippen LogP contribution in [-0.4, -0.2) is 30.0 Å². The third-order valence-corrected chi connectivity index (χ3v) is 10.3. The van der Waals surface area contributed by atoms with E-state index in [4.69, 9.17) is 0 Å². The average Bonchev–Trinajstić information content (AvgIpc) is 3.14. The SMILES string of the molecule is CCC1CC(N(C)C)CCC1(C)C1CCC2(C)C(c3cccc4cnccc34)=CCC2C1. The van der Waals surface area contributed by atoms with Crippen LogP contribution in [0, 0.1) is 28.6 Å². The van der Waals surface area contributed by atoms with E-state index in [0.717, 1.165) is 23.8 Å². The lowest BCUT2D eigenvalue weighted by molar-refractivity contribution is -0.0313. The Labute approximate surface area is 195 Å². The molecule has 3 aliphatic carbocycles. The molecule has 0 N–H and O–H groups in total. The zero-order valence-corrected chi connectivity index (χ0v) is 20.9. The van der Waals surface area contributed by atoms with Crippen LogP contribution in [0.1, 0.15) is 77.7 Å². The smallest absolute Gasteiger partial charge is 0.0346 e. The Hall–Kier alpha value is -1.67. The minimum atomic E-state index is 0.326. The van der Waals surface area contributed by atoms with Gasteiger partial charge in [0.25, 0.3) is 0 Å². The van der Waals surface area contributed by atoms with Gasteiger partial charge in [0.05, 0.1) is 0 Å². The Kier molecular flexibility index (Phi) is 5.73. The largest absolute Gasteiger partial charge is 0.306 e. The van der Waals surface area contributed by atoms with E-state index in [-0.39, 0.29) is 0 Å². The molecule has 1 aromatic carbocycles. The van der Waals surface area contributed by atoms with Gasteiger partial charge in [-0.05, 0) is 110 Å². The summed E-state index contributed by atoms with van der Waals surface area (Å²) < 4.78 is 0. The van der Waals surface area contributed by atoms with Crippen molar-refractivity contribution in [1.29, 1.82) is 0 Å². The van der Waals surface area contributed by atoms with Crippen LogP contribution in [0.25, 0.3) is 16.3 Å². The van der Waals surface area contributed by atoms with Crippen molar-refractivity contribution in [2.45, 2.75) is 78.2 Å². The lowest BCUT2D eigenvalue weighted by atomic mass is 9.51. The van der Waals surface area contributed by atoms with Gasteiger partial charge in [0, 0.05) is 23.8 Å². The molecule has 0 amide bonds. The molecule has 6 unspecified atom stereocenters. The molecule has 2 nitrogen and oxygen atoms in total. The van der Waals surface area contributed by atoms with Crippen LogP contribution in [0.5, 0.6) is 0 Å². The second-order valence-electron chi connectivity index (χ2n) is 11.8. The maximum absolute atomic E-state index is 4.36. The lowest BCUT2D eigenvalue weighted by Crippen LogP contribution is -2.48. The Morgan fingerprint density at radius 2 is 1.88 bits per heavy atom. The van der Waals surface area contributed by atoms with E-state index in [1.165, 1.54) is 67.7 Å². The van der Waals surface area contributed by atoms with E-state index in [1.54, 1.807) is 5.57 Å². The van der Waals surface area contributed by atoms with Gasteiger partial charge in [-0.25, -0.2) is 0 Å². The van der Waals surface area contributed by atoms with Gasteiger partial charge in [-0.15, -0.1) is 0 Å². The van der Waals surface area contributed by atoms with Crippen molar-refractivity contribution in [2.75, 3.05) is 14.1 Å². The summed E-state index contributed by atoms with van der Waals surface area (Å²) in [5.74, 6) is 2.56. The first kappa shape index (κ1) is 22.1. The molecule has 0 spiro atoms. The van der Waals surface area contributed by atoms with Crippen molar-refractivity contribution < 1.29 is 0 Å². The molecule has 0 bridgehead atoms. The Morgan fingerprint density at radius 1 is 1.03 bits per heavy atom. The molecule has 1 heterocycles. The van der Waals surface area contributed by atoms with Gasteiger partial charge in [0.2, 0.25) is 0 Å². The molecule has 0 saturated heterocycles. The highest BCUT2D eigenvalue weighted by molar-refractivity contribution is 5.95. The third-order valence-electron chi connectivity index (χ3n) is 10.3. The van der Waals surface area contributed by atoms with Gasteiger partial charge in [-0.3, -0.25) is 4.98 Å². The van der Waals surface area contributed by atoms with Crippen LogP contribution in [0.3, 0.4) is 0 Å². The Morgan fingerprint density at radius 3 is 2.66 bits per heavy atom. The van der Waals surface area contributed by atoms with Crippen LogP contribution in [0.2, 0.25) is 0 Å². The summed E-state index contributed by atoms with van der Waals surface area (Å²) in [4.78, 5) is 6.84. The van der Waals surface area contributed by atoms with Gasteiger partial charge in [-0.2, -0.15) is 0 Å². The summed E-state index contributed by atoms with van der Waals surface area (Å²) in [6.07, 6.45) is 17.5. The maximum atomic E-state index is 4.36. The normalized spacial score (nSPS) is 37.5. The quantitative estimate of drug-likeness (QED) is 0.496. The number of fused-ring (bicyclic) bond motifs is 2. The first-order chi connectivity index (χ1) is 15.4. The number of aromatic nitrogens is 1.